The summed E-state index contributed by atoms with van der Waals surface area (Å²) >= 11 is 0. The van der Waals surface area contributed by atoms with Crippen molar-refractivity contribution >= 4 is 5.91 Å². The van der Waals surface area contributed by atoms with Crippen molar-refractivity contribution in [2.75, 3.05) is 34.4 Å². The second kappa shape index (κ2) is 7.86. The van der Waals surface area contributed by atoms with Crippen LogP contribution in [0.15, 0.2) is 24.3 Å². The molecule has 0 aliphatic heterocycles. The lowest BCUT2D eigenvalue weighted by Gasteiger charge is -2.23. The standard InChI is InChI=1S/C14H21FN2O2/c1-17(2)13(11-5-7-12(15)8-6-11)14(18)16-9-4-10-19-3/h5-8,13H,4,9-10H2,1-3H3,(H,16,18). The number of ether oxygens (including phenoxy) is 1. The van der Waals surface area contributed by atoms with Crippen LogP contribution in [-0.2, 0) is 9.53 Å². The van der Waals surface area contributed by atoms with E-state index in [1.807, 2.05) is 14.1 Å². The molecule has 1 unspecified atom stereocenters. The Morgan fingerprint density at radius 1 is 1.37 bits per heavy atom. The molecule has 0 radical (unpaired) electrons. The fourth-order valence-corrected chi connectivity index (χ4v) is 1.85. The highest BCUT2D eigenvalue weighted by atomic mass is 19.1. The molecule has 1 amide bonds. The van der Waals surface area contributed by atoms with Crippen molar-refractivity contribution in [1.82, 2.24) is 10.2 Å². The molecular weight excluding hydrogens is 247 g/mol. The maximum absolute atomic E-state index is 12.9. The molecule has 106 valence electrons. The first kappa shape index (κ1) is 15.6. The van der Waals surface area contributed by atoms with Crippen LogP contribution in [-0.4, -0.2) is 45.2 Å². The second-order valence-electron chi connectivity index (χ2n) is 4.56. The summed E-state index contributed by atoms with van der Waals surface area (Å²) < 4.78 is 17.8. The topological polar surface area (TPSA) is 41.6 Å². The van der Waals surface area contributed by atoms with Crippen LogP contribution < -0.4 is 5.32 Å². The minimum Gasteiger partial charge on any atom is -0.385 e. The molecule has 1 rings (SSSR count). The molecule has 0 heterocycles. The number of carbonyl (C=O) groups is 1. The lowest BCUT2D eigenvalue weighted by atomic mass is 10.1. The maximum atomic E-state index is 12.9. The van der Waals surface area contributed by atoms with E-state index in [0.717, 1.165) is 12.0 Å². The van der Waals surface area contributed by atoms with Gasteiger partial charge in [-0.25, -0.2) is 4.39 Å². The van der Waals surface area contributed by atoms with E-state index in [-0.39, 0.29) is 11.7 Å². The van der Waals surface area contributed by atoms with E-state index in [2.05, 4.69) is 5.32 Å². The third-order valence-corrected chi connectivity index (χ3v) is 2.77. The summed E-state index contributed by atoms with van der Waals surface area (Å²) in [5, 5.41) is 2.86. The van der Waals surface area contributed by atoms with Crippen LogP contribution in [0.2, 0.25) is 0 Å². The van der Waals surface area contributed by atoms with Gasteiger partial charge < -0.3 is 10.1 Å². The number of nitrogens with zero attached hydrogens (tertiary/aromatic N) is 1. The number of amides is 1. The van der Waals surface area contributed by atoms with E-state index in [1.54, 1.807) is 24.1 Å². The van der Waals surface area contributed by atoms with Crippen molar-refractivity contribution in [2.45, 2.75) is 12.5 Å². The van der Waals surface area contributed by atoms with Gasteiger partial charge in [0, 0.05) is 20.3 Å². The number of rotatable bonds is 7. The number of nitrogens with one attached hydrogen (secondary N) is 1. The molecule has 1 aromatic rings. The molecule has 0 aromatic heterocycles. The number of benzene rings is 1. The van der Waals surface area contributed by atoms with Gasteiger partial charge in [-0.1, -0.05) is 12.1 Å². The van der Waals surface area contributed by atoms with E-state index in [4.69, 9.17) is 4.74 Å². The first-order chi connectivity index (χ1) is 9.06. The molecule has 0 spiro atoms. The van der Waals surface area contributed by atoms with Crippen molar-refractivity contribution < 1.29 is 13.9 Å². The summed E-state index contributed by atoms with van der Waals surface area (Å²) in [6.07, 6.45) is 0.770. The largest absolute Gasteiger partial charge is 0.385 e. The number of methoxy groups -OCH3 is 1. The van der Waals surface area contributed by atoms with Crippen molar-refractivity contribution in [2.24, 2.45) is 0 Å². The monoisotopic (exact) mass is 268 g/mol. The Balaban J connectivity index is 2.66. The fourth-order valence-electron chi connectivity index (χ4n) is 1.85. The van der Waals surface area contributed by atoms with Crippen LogP contribution in [0.1, 0.15) is 18.0 Å². The normalized spacial score (nSPS) is 12.5. The summed E-state index contributed by atoms with van der Waals surface area (Å²) in [5.74, 6) is -0.394. The van der Waals surface area contributed by atoms with Crippen LogP contribution in [0.25, 0.3) is 0 Å². The zero-order chi connectivity index (χ0) is 14.3. The Labute approximate surface area is 113 Å². The van der Waals surface area contributed by atoms with Gasteiger partial charge in [0.1, 0.15) is 11.9 Å². The highest BCUT2D eigenvalue weighted by Crippen LogP contribution is 2.18. The molecule has 1 aromatic carbocycles. The van der Waals surface area contributed by atoms with Crippen molar-refractivity contribution in [3.63, 3.8) is 0 Å². The lowest BCUT2D eigenvalue weighted by Crippen LogP contribution is -2.37. The zero-order valence-electron chi connectivity index (χ0n) is 11.6. The van der Waals surface area contributed by atoms with Gasteiger partial charge in [-0.05, 0) is 38.2 Å². The average molecular weight is 268 g/mol. The third-order valence-electron chi connectivity index (χ3n) is 2.77. The van der Waals surface area contributed by atoms with E-state index in [9.17, 15) is 9.18 Å². The lowest BCUT2D eigenvalue weighted by molar-refractivity contribution is -0.125. The van der Waals surface area contributed by atoms with Crippen LogP contribution in [0.5, 0.6) is 0 Å². The van der Waals surface area contributed by atoms with Gasteiger partial charge in [0.05, 0.1) is 0 Å². The molecule has 0 aliphatic carbocycles. The van der Waals surface area contributed by atoms with Gasteiger partial charge in [0.15, 0.2) is 0 Å². The minimum atomic E-state index is -0.414. The van der Waals surface area contributed by atoms with Crippen molar-refractivity contribution in [1.29, 1.82) is 0 Å². The highest BCUT2D eigenvalue weighted by Gasteiger charge is 2.22. The quantitative estimate of drug-likeness (QED) is 0.763. The molecule has 0 fully saturated rings. The summed E-state index contributed by atoms with van der Waals surface area (Å²) in [5.41, 5.74) is 0.774. The first-order valence-corrected chi connectivity index (χ1v) is 6.24. The van der Waals surface area contributed by atoms with Crippen LogP contribution in [0.4, 0.5) is 4.39 Å². The Hall–Kier alpha value is -1.46. The second-order valence-corrected chi connectivity index (χ2v) is 4.56. The Kier molecular flexibility index (Phi) is 6.45. The molecule has 19 heavy (non-hydrogen) atoms. The summed E-state index contributed by atoms with van der Waals surface area (Å²) in [4.78, 5) is 14.0. The minimum absolute atomic E-state index is 0.0901. The van der Waals surface area contributed by atoms with Crippen molar-refractivity contribution in [3.8, 4) is 0 Å². The Bertz CT molecular complexity index is 393. The SMILES string of the molecule is COCCCNC(=O)C(c1ccc(F)cc1)N(C)C. The van der Waals surface area contributed by atoms with Gasteiger partial charge in [-0.3, -0.25) is 9.69 Å². The van der Waals surface area contributed by atoms with E-state index >= 15 is 0 Å². The van der Waals surface area contributed by atoms with Gasteiger partial charge in [0.25, 0.3) is 0 Å². The molecule has 0 saturated heterocycles. The highest BCUT2D eigenvalue weighted by molar-refractivity contribution is 5.83. The summed E-state index contributed by atoms with van der Waals surface area (Å²) in [7, 11) is 5.27. The maximum Gasteiger partial charge on any atom is 0.241 e. The fraction of sp³-hybridized carbons (Fsp3) is 0.500. The first-order valence-electron chi connectivity index (χ1n) is 6.24. The van der Waals surface area contributed by atoms with E-state index < -0.39 is 6.04 Å². The third kappa shape index (κ3) is 4.96. The Morgan fingerprint density at radius 2 is 2.00 bits per heavy atom. The molecule has 0 aliphatic rings. The Morgan fingerprint density at radius 3 is 2.53 bits per heavy atom. The number of hydrogen-bond donors (Lipinski definition) is 1. The number of hydrogen-bond acceptors (Lipinski definition) is 3. The van der Waals surface area contributed by atoms with Crippen LogP contribution in [0, 0.1) is 5.82 Å². The van der Waals surface area contributed by atoms with Crippen molar-refractivity contribution in [3.05, 3.63) is 35.6 Å². The molecule has 0 bridgehead atoms. The smallest absolute Gasteiger partial charge is 0.241 e. The van der Waals surface area contributed by atoms with Crippen LogP contribution in [0.3, 0.4) is 0 Å². The molecule has 1 N–H and O–H groups in total. The van der Waals surface area contributed by atoms with Crippen LogP contribution >= 0.6 is 0 Å². The molecule has 0 saturated carbocycles. The van der Waals surface area contributed by atoms with E-state index in [0.29, 0.717) is 13.2 Å². The van der Waals surface area contributed by atoms with E-state index in [1.165, 1.54) is 12.1 Å². The summed E-state index contributed by atoms with van der Waals surface area (Å²) in [6, 6.07) is 5.58. The number of halogens is 1. The number of carbonyl (C=O) groups excluding carboxylic acids is 1. The molecule has 4 nitrogen and oxygen atoms in total. The predicted molar refractivity (Wildman–Crippen MR) is 72.3 cm³/mol. The van der Waals surface area contributed by atoms with Gasteiger partial charge in [-0.15, -0.1) is 0 Å². The summed E-state index contributed by atoms with van der Waals surface area (Å²) in [6.45, 7) is 1.18. The zero-order valence-corrected chi connectivity index (χ0v) is 11.6. The van der Waals surface area contributed by atoms with Gasteiger partial charge >= 0.3 is 0 Å². The molecule has 1 atom stereocenters. The predicted octanol–water partition coefficient (Wildman–Crippen LogP) is 1.58. The van der Waals surface area contributed by atoms with Gasteiger partial charge in [-0.2, -0.15) is 0 Å². The molecule has 5 heteroatoms. The van der Waals surface area contributed by atoms with Gasteiger partial charge in [0.2, 0.25) is 5.91 Å². The average Bonchev–Trinajstić information content (AvgIpc) is 2.37. The molecular formula is C14H21FN2O2. The number of likely N-dealkylation sites (N-methyl/N-ethyl adjacent to an activating group) is 1.